The predicted molar refractivity (Wildman–Crippen MR) is 106 cm³/mol. The van der Waals surface area contributed by atoms with Gasteiger partial charge in [0.1, 0.15) is 11.5 Å². The van der Waals surface area contributed by atoms with Crippen LogP contribution in [-0.4, -0.2) is 25.2 Å². The minimum absolute atomic E-state index is 0.177. The van der Waals surface area contributed by atoms with E-state index in [1.54, 1.807) is 30.5 Å². The van der Waals surface area contributed by atoms with Gasteiger partial charge in [-0.2, -0.15) is 5.10 Å². The van der Waals surface area contributed by atoms with E-state index in [4.69, 9.17) is 0 Å². The first-order valence-electron chi connectivity index (χ1n) is 8.94. The number of hydrogen-bond donors (Lipinski definition) is 1. The SMILES string of the molecule is CC(C)(C)n1c(NC(=O)c2ccn(-c3ccccc3F)n2)nc2ccccc21. The summed E-state index contributed by atoms with van der Waals surface area (Å²) >= 11 is 0. The summed E-state index contributed by atoms with van der Waals surface area (Å²) in [5.41, 5.74) is 1.90. The van der Waals surface area contributed by atoms with E-state index in [9.17, 15) is 9.18 Å². The van der Waals surface area contributed by atoms with E-state index in [0.717, 1.165) is 11.0 Å². The topological polar surface area (TPSA) is 64.7 Å². The molecular formula is C21H20FN5O. The fourth-order valence-corrected chi connectivity index (χ4v) is 3.17. The standard InChI is InChI=1S/C21H20FN5O/c1-21(2,3)27-18-11-7-5-9-15(18)23-20(27)24-19(28)16-12-13-26(25-16)17-10-6-4-8-14(17)22/h4-13H,1-3H3,(H,23,24,28). The third-order valence-corrected chi connectivity index (χ3v) is 4.38. The van der Waals surface area contributed by atoms with Crippen molar-refractivity contribution in [2.75, 3.05) is 5.32 Å². The quantitative estimate of drug-likeness (QED) is 0.577. The Morgan fingerprint density at radius 2 is 1.75 bits per heavy atom. The molecule has 4 aromatic rings. The minimum Gasteiger partial charge on any atom is -0.305 e. The van der Waals surface area contributed by atoms with Crippen molar-refractivity contribution >= 4 is 22.9 Å². The highest BCUT2D eigenvalue weighted by atomic mass is 19.1. The Hall–Kier alpha value is -3.48. The van der Waals surface area contributed by atoms with E-state index in [2.05, 4.69) is 15.4 Å². The number of benzene rings is 2. The molecule has 2 aromatic heterocycles. The van der Waals surface area contributed by atoms with Crippen molar-refractivity contribution in [3.63, 3.8) is 0 Å². The fraction of sp³-hybridized carbons (Fsp3) is 0.190. The highest BCUT2D eigenvalue weighted by Gasteiger charge is 2.23. The van der Waals surface area contributed by atoms with Crippen molar-refractivity contribution in [1.82, 2.24) is 19.3 Å². The molecule has 7 heteroatoms. The summed E-state index contributed by atoms with van der Waals surface area (Å²) in [5, 5.41) is 7.06. The Morgan fingerprint density at radius 1 is 1.04 bits per heavy atom. The smallest absolute Gasteiger partial charge is 0.278 e. The maximum Gasteiger partial charge on any atom is 0.278 e. The average Bonchev–Trinajstić information content (AvgIpc) is 3.26. The fourth-order valence-electron chi connectivity index (χ4n) is 3.17. The van der Waals surface area contributed by atoms with Crippen molar-refractivity contribution in [2.45, 2.75) is 26.3 Å². The molecule has 0 saturated carbocycles. The Kier molecular flexibility index (Phi) is 4.22. The van der Waals surface area contributed by atoms with Crippen LogP contribution < -0.4 is 5.32 Å². The van der Waals surface area contributed by atoms with Crippen molar-refractivity contribution < 1.29 is 9.18 Å². The molecule has 0 saturated heterocycles. The molecule has 142 valence electrons. The second kappa shape index (κ2) is 6.60. The summed E-state index contributed by atoms with van der Waals surface area (Å²) < 4.78 is 17.3. The Balaban J connectivity index is 1.68. The molecule has 2 heterocycles. The number of amides is 1. The molecule has 0 aliphatic heterocycles. The zero-order valence-corrected chi connectivity index (χ0v) is 15.8. The van der Waals surface area contributed by atoms with Crippen LogP contribution in [0.3, 0.4) is 0 Å². The first-order valence-corrected chi connectivity index (χ1v) is 8.94. The molecule has 4 rings (SSSR count). The number of anilines is 1. The maximum absolute atomic E-state index is 14.0. The van der Waals surface area contributed by atoms with Crippen molar-refractivity contribution in [3.05, 3.63) is 72.3 Å². The molecule has 2 aromatic carbocycles. The van der Waals surface area contributed by atoms with Crippen LogP contribution in [0.4, 0.5) is 10.3 Å². The van der Waals surface area contributed by atoms with Gasteiger partial charge in [0.15, 0.2) is 5.69 Å². The maximum atomic E-state index is 14.0. The van der Waals surface area contributed by atoms with Gasteiger partial charge in [-0.05, 0) is 51.1 Å². The van der Waals surface area contributed by atoms with Gasteiger partial charge in [-0.3, -0.25) is 10.1 Å². The second-order valence-corrected chi connectivity index (χ2v) is 7.48. The van der Waals surface area contributed by atoms with Gasteiger partial charge in [-0.1, -0.05) is 24.3 Å². The zero-order valence-electron chi connectivity index (χ0n) is 15.8. The number of halogens is 1. The molecule has 0 aliphatic carbocycles. The van der Waals surface area contributed by atoms with Crippen LogP contribution in [0.1, 0.15) is 31.3 Å². The van der Waals surface area contributed by atoms with Gasteiger partial charge in [0.25, 0.3) is 5.91 Å². The van der Waals surface area contributed by atoms with E-state index in [1.807, 2.05) is 49.6 Å². The van der Waals surface area contributed by atoms with Gasteiger partial charge in [0.05, 0.1) is 11.0 Å². The number of carbonyl (C=O) groups is 1. The molecule has 1 amide bonds. The monoisotopic (exact) mass is 377 g/mol. The van der Waals surface area contributed by atoms with Crippen LogP contribution in [-0.2, 0) is 5.54 Å². The third-order valence-electron chi connectivity index (χ3n) is 4.38. The van der Waals surface area contributed by atoms with Crippen LogP contribution in [0.25, 0.3) is 16.7 Å². The number of carbonyl (C=O) groups excluding carboxylic acids is 1. The number of imidazole rings is 1. The predicted octanol–water partition coefficient (Wildman–Crippen LogP) is 4.37. The number of hydrogen-bond acceptors (Lipinski definition) is 3. The van der Waals surface area contributed by atoms with Crippen LogP contribution in [0.2, 0.25) is 0 Å². The number of rotatable bonds is 3. The van der Waals surface area contributed by atoms with Gasteiger partial charge in [-0.25, -0.2) is 14.1 Å². The number of nitrogens with one attached hydrogen (secondary N) is 1. The van der Waals surface area contributed by atoms with Gasteiger partial charge in [0, 0.05) is 11.7 Å². The van der Waals surface area contributed by atoms with E-state index in [-0.39, 0.29) is 16.9 Å². The zero-order chi connectivity index (χ0) is 19.9. The highest BCUT2D eigenvalue weighted by Crippen LogP contribution is 2.28. The van der Waals surface area contributed by atoms with Crippen molar-refractivity contribution in [3.8, 4) is 5.69 Å². The van der Waals surface area contributed by atoms with E-state index < -0.39 is 11.7 Å². The first kappa shape index (κ1) is 17.9. The minimum atomic E-state index is -0.410. The van der Waals surface area contributed by atoms with Crippen LogP contribution in [0.15, 0.2) is 60.8 Å². The second-order valence-electron chi connectivity index (χ2n) is 7.48. The number of fused-ring (bicyclic) bond motifs is 1. The van der Waals surface area contributed by atoms with Gasteiger partial charge < -0.3 is 4.57 Å². The lowest BCUT2D eigenvalue weighted by molar-refractivity contribution is 0.102. The Morgan fingerprint density at radius 3 is 2.50 bits per heavy atom. The van der Waals surface area contributed by atoms with Gasteiger partial charge in [-0.15, -0.1) is 0 Å². The molecule has 0 spiro atoms. The molecule has 0 atom stereocenters. The van der Waals surface area contributed by atoms with E-state index in [0.29, 0.717) is 5.95 Å². The summed E-state index contributed by atoms with van der Waals surface area (Å²) in [6.07, 6.45) is 1.56. The van der Waals surface area contributed by atoms with Crippen molar-refractivity contribution in [1.29, 1.82) is 0 Å². The van der Waals surface area contributed by atoms with Gasteiger partial charge >= 0.3 is 0 Å². The van der Waals surface area contributed by atoms with Crippen LogP contribution >= 0.6 is 0 Å². The number of aromatic nitrogens is 4. The normalized spacial score (nSPS) is 11.7. The van der Waals surface area contributed by atoms with Crippen LogP contribution in [0, 0.1) is 5.82 Å². The molecule has 0 fully saturated rings. The van der Waals surface area contributed by atoms with E-state index >= 15 is 0 Å². The molecular weight excluding hydrogens is 357 g/mol. The number of para-hydroxylation sites is 3. The van der Waals surface area contributed by atoms with Crippen LogP contribution in [0.5, 0.6) is 0 Å². The number of nitrogens with zero attached hydrogens (tertiary/aromatic N) is 4. The lowest BCUT2D eigenvalue weighted by Gasteiger charge is -2.24. The van der Waals surface area contributed by atoms with Gasteiger partial charge in [0.2, 0.25) is 5.95 Å². The molecule has 0 radical (unpaired) electrons. The molecule has 28 heavy (non-hydrogen) atoms. The summed E-state index contributed by atoms with van der Waals surface area (Å²) in [5.74, 6) is -0.373. The highest BCUT2D eigenvalue weighted by molar-refractivity contribution is 6.02. The molecule has 6 nitrogen and oxygen atoms in total. The summed E-state index contributed by atoms with van der Waals surface area (Å²) in [6, 6.07) is 15.5. The Labute approximate surface area is 161 Å². The largest absolute Gasteiger partial charge is 0.305 e. The van der Waals surface area contributed by atoms with Crippen molar-refractivity contribution in [2.24, 2.45) is 0 Å². The summed E-state index contributed by atoms with van der Waals surface area (Å²) in [6.45, 7) is 6.14. The Bertz CT molecular complexity index is 1170. The molecule has 0 unspecified atom stereocenters. The first-order chi connectivity index (χ1) is 13.3. The lowest BCUT2D eigenvalue weighted by Crippen LogP contribution is -2.26. The summed E-state index contributed by atoms with van der Waals surface area (Å²) in [7, 11) is 0. The van der Waals surface area contributed by atoms with E-state index in [1.165, 1.54) is 10.7 Å². The molecule has 0 bridgehead atoms. The lowest BCUT2D eigenvalue weighted by atomic mass is 10.1. The third kappa shape index (κ3) is 3.15. The molecule has 0 aliphatic rings. The average molecular weight is 377 g/mol. The summed E-state index contributed by atoms with van der Waals surface area (Å²) in [4.78, 5) is 17.3. The molecule has 1 N–H and O–H groups in total.